The minimum Gasteiger partial charge on any atom is -0.370 e. The Hall–Kier alpha value is -2.24. The number of hydrogen-bond acceptors (Lipinski definition) is 3. The normalized spacial score (nSPS) is 21.8. The molecule has 2 aliphatic rings. The summed E-state index contributed by atoms with van der Waals surface area (Å²) in [5.74, 6) is 0.375. The molecule has 2 fully saturated rings. The molecular formula is C23H29ClN4O. The highest BCUT2D eigenvalue weighted by atomic mass is 35.5. The van der Waals surface area contributed by atoms with E-state index in [4.69, 9.17) is 11.6 Å². The molecule has 4 rings (SSSR count). The fourth-order valence-corrected chi connectivity index (χ4v) is 4.43. The standard InChI is InChI=1S/C23H29ClN4O/c1-26(2)22-12-14-27(16-22)21-9-7-20(8-10-21)25-23(29)28-13-11-18(15-28)17-3-5-19(24)6-4-17/h3-10,18,22H,11-16H2,1-2H3,(H,25,29). The molecule has 2 saturated heterocycles. The van der Waals surface area contributed by atoms with Crippen LogP contribution in [0.1, 0.15) is 24.3 Å². The lowest BCUT2D eigenvalue weighted by atomic mass is 9.99. The van der Waals surface area contributed by atoms with Gasteiger partial charge in [-0.3, -0.25) is 0 Å². The number of likely N-dealkylation sites (tertiary alicyclic amines) is 1. The van der Waals surface area contributed by atoms with Crippen molar-refractivity contribution in [2.45, 2.75) is 24.8 Å². The van der Waals surface area contributed by atoms with Gasteiger partial charge in [-0.1, -0.05) is 23.7 Å². The zero-order valence-corrected chi connectivity index (χ0v) is 17.9. The number of likely N-dealkylation sites (N-methyl/N-ethyl adjacent to an activating group) is 1. The number of urea groups is 1. The summed E-state index contributed by atoms with van der Waals surface area (Å²) in [6, 6.07) is 16.8. The number of carbonyl (C=O) groups is 1. The number of rotatable bonds is 4. The fourth-order valence-electron chi connectivity index (χ4n) is 4.31. The first-order chi connectivity index (χ1) is 14.0. The van der Waals surface area contributed by atoms with E-state index in [1.54, 1.807) is 0 Å². The lowest BCUT2D eigenvalue weighted by Crippen LogP contribution is -2.33. The molecule has 29 heavy (non-hydrogen) atoms. The zero-order chi connectivity index (χ0) is 20.4. The van der Waals surface area contributed by atoms with E-state index in [2.05, 4.69) is 53.5 Å². The molecule has 0 radical (unpaired) electrons. The second kappa shape index (κ2) is 8.64. The van der Waals surface area contributed by atoms with Crippen LogP contribution in [0.25, 0.3) is 0 Å². The van der Waals surface area contributed by atoms with E-state index in [0.29, 0.717) is 12.0 Å². The molecule has 154 valence electrons. The highest BCUT2D eigenvalue weighted by Gasteiger charge is 2.27. The van der Waals surface area contributed by atoms with Crippen LogP contribution in [0, 0.1) is 0 Å². The molecule has 2 heterocycles. The van der Waals surface area contributed by atoms with Crippen molar-refractivity contribution < 1.29 is 4.79 Å². The van der Waals surface area contributed by atoms with Crippen LogP contribution in [0.15, 0.2) is 48.5 Å². The summed E-state index contributed by atoms with van der Waals surface area (Å²) in [6.45, 7) is 3.65. The van der Waals surface area contributed by atoms with Gasteiger partial charge in [0.15, 0.2) is 0 Å². The van der Waals surface area contributed by atoms with E-state index in [-0.39, 0.29) is 6.03 Å². The monoisotopic (exact) mass is 412 g/mol. The van der Waals surface area contributed by atoms with Gasteiger partial charge in [0.2, 0.25) is 0 Å². The number of hydrogen-bond donors (Lipinski definition) is 1. The highest BCUT2D eigenvalue weighted by Crippen LogP contribution is 2.29. The number of amides is 2. The number of benzene rings is 2. The summed E-state index contributed by atoms with van der Waals surface area (Å²) in [5, 5.41) is 3.80. The quantitative estimate of drug-likeness (QED) is 0.803. The molecule has 6 heteroatoms. The van der Waals surface area contributed by atoms with Gasteiger partial charge in [-0.2, -0.15) is 0 Å². The molecule has 2 amide bonds. The van der Waals surface area contributed by atoms with Crippen LogP contribution >= 0.6 is 11.6 Å². The van der Waals surface area contributed by atoms with Gasteiger partial charge < -0.3 is 20.0 Å². The summed E-state index contributed by atoms with van der Waals surface area (Å²) >= 11 is 5.98. The molecule has 2 aliphatic heterocycles. The van der Waals surface area contributed by atoms with E-state index in [1.807, 2.05) is 29.2 Å². The van der Waals surface area contributed by atoms with Crippen molar-refractivity contribution in [2.75, 3.05) is 50.5 Å². The molecule has 2 atom stereocenters. The molecule has 2 aromatic rings. The maximum atomic E-state index is 12.7. The second-order valence-electron chi connectivity index (χ2n) is 8.31. The van der Waals surface area contributed by atoms with Crippen molar-refractivity contribution in [2.24, 2.45) is 0 Å². The lowest BCUT2D eigenvalue weighted by molar-refractivity contribution is 0.222. The van der Waals surface area contributed by atoms with Crippen molar-refractivity contribution in [3.05, 3.63) is 59.1 Å². The molecule has 1 N–H and O–H groups in total. The fraction of sp³-hybridized carbons (Fsp3) is 0.435. The Morgan fingerprint density at radius 2 is 1.72 bits per heavy atom. The Morgan fingerprint density at radius 1 is 1.00 bits per heavy atom. The average Bonchev–Trinajstić information content (AvgIpc) is 3.39. The van der Waals surface area contributed by atoms with E-state index in [1.165, 1.54) is 17.7 Å². The Labute approximate surface area is 178 Å². The van der Waals surface area contributed by atoms with Crippen LogP contribution in [-0.2, 0) is 0 Å². The summed E-state index contributed by atoms with van der Waals surface area (Å²) in [7, 11) is 4.28. The molecule has 2 aromatic carbocycles. The van der Waals surface area contributed by atoms with Gasteiger partial charge in [-0.25, -0.2) is 4.79 Å². The molecule has 5 nitrogen and oxygen atoms in total. The topological polar surface area (TPSA) is 38.8 Å². The van der Waals surface area contributed by atoms with Gasteiger partial charge in [0.05, 0.1) is 0 Å². The summed E-state index contributed by atoms with van der Waals surface area (Å²) in [6.07, 6.45) is 2.17. The Kier molecular flexibility index (Phi) is 5.97. The SMILES string of the molecule is CN(C)C1CCN(c2ccc(NC(=O)N3CCC(c4ccc(Cl)cc4)C3)cc2)C1. The number of halogens is 1. The first-order valence-electron chi connectivity index (χ1n) is 10.3. The summed E-state index contributed by atoms with van der Waals surface area (Å²) < 4.78 is 0. The minimum absolute atomic E-state index is 0.0249. The lowest BCUT2D eigenvalue weighted by Gasteiger charge is -2.22. The third-order valence-corrected chi connectivity index (χ3v) is 6.45. The van der Waals surface area contributed by atoms with E-state index in [0.717, 1.165) is 43.3 Å². The molecule has 0 bridgehead atoms. The minimum atomic E-state index is -0.0249. The van der Waals surface area contributed by atoms with Crippen molar-refractivity contribution in [1.29, 1.82) is 0 Å². The van der Waals surface area contributed by atoms with Crippen molar-refractivity contribution in [3.8, 4) is 0 Å². The largest absolute Gasteiger partial charge is 0.370 e. The first-order valence-corrected chi connectivity index (χ1v) is 10.7. The van der Waals surface area contributed by atoms with Crippen molar-refractivity contribution >= 4 is 29.0 Å². The maximum absolute atomic E-state index is 12.7. The second-order valence-corrected chi connectivity index (χ2v) is 8.75. The van der Waals surface area contributed by atoms with Gasteiger partial charge in [-0.05, 0) is 68.9 Å². The van der Waals surface area contributed by atoms with Crippen LogP contribution < -0.4 is 10.2 Å². The number of nitrogens with one attached hydrogen (secondary N) is 1. The van der Waals surface area contributed by atoms with Gasteiger partial charge in [0.25, 0.3) is 0 Å². The van der Waals surface area contributed by atoms with Crippen molar-refractivity contribution in [3.63, 3.8) is 0 Å². The third kappa shape index (κ3) is 4.68. The van der Waals surface area contributed by atoms with E-state index >= 15 is 0 Å². The highest BCUT2D eigenvalue weighted by molar-refractivity contribution is 6.30. The smallest absolute Gasteiger partial charge is 0.321 e. The van der Waals surface area contributed by atoms with E-state index in [9.17, 15) is 4.79 Å². The maximum Gasteiger partial charge on any atom is 0.321 e. The predicted molar refractivity (Wildman–Crippen MR) is 120 cm³/mol. The number of anilines is 2. The molecule has 0 aliphatic carbocycles. The van der Waals surface area contributed by atoms with Crippen LogP contribution in [-0.4, -0.2) is 62.1 Å². The molecule has 0 aromatic heterocycles. The van der Waals surface area contributed by atoms with Crippen LogP contribution in [0.3, 0.4) is 0 Å². The summed E-state index contributed by atoms with van der Waals surface area (Å²) in [4.78, 5) is 19.3. The first kappa shape index (κ1) is 20.0. The Balaban J connectivity index is 1.31. The van der Waals surface area contributed by atoms with Crippen molar-refractivity contribution in [1.82, 2.24) is 9.80 Å². The zero-order valence-electron chi connectivity index (χ0n) is 17.1. The Bertz CT molecular complexity index is 837. The number of carbonyl (C=O) groups excluding carboxylic acids is 1. The molecule has 2 unspecified atom stereocenters. The molecular weight excluding hydrogens is 384 g/mol. The van der Waals surface area contributed by atoms with Crippen LogP contribution in [0.4, 0.5) is 16.2 Å². The van der Waals surface area contributed by atoms with Gasteiger partial charge in [-0.15, -0.1) is 0 Å². The summed E-state index contributed by atoms with van der Waals surface area (Å²) in [5.41, 5.74) is 3.31. The average molecular weight is 413 g/mol. The van der Waals surface area contributed by atoms with Gasteiger partial charge in [0.1, 0.15) is 0 Å². The van der Waals surface area contributed by atoms with Gasteiger partial charge >= 0.3 is 6.03 Å². The molecule has 0 spiro atoms. The number of nitrogens with zero attached hydrogens (tertiary/aromatic N) is 3. The van der Waals surface area contributed by atoms with Gasteiger partial charge in [0, 0.05) is 54.5 Å². The predicted octanol–water partition coefficient (Wildman–Crippen LogP) is 4.50. The Morgan fingerprint density at radius 3 is 2.38 bits per heavy atom. The van der Waals surface area contributed by atoms with Crippen LogP contribution in [0.5, 0.6) is 0 Å². The third-order valence-electron chi connectivity index (χ3n) is 6.19. The van der Waals surface area contributed by atoms with E-state index < -0.39 is 0 Å². The van der Waals surface area contributed by atoms with Crippen LogP contribution in [0.2, 0.25) is 5.02 Å². The molecule has 0 saturated carbocycles.